The summed E-state index contributed by atoms with van der Waals surface area (Å²) in [5, 5.41) is 40.2. The first-order valence-electron chi connectivity index (χ1n) is 24.6. The summed E-state index contributed by atoms with van der Waals surface area (Å²) in [6.07, 6.45) is 37.0. The maximum absolute atomic E-state index is 12.8. The molecule has 0 aromatic rings. The van der Waals surface area contributed by atoms with Crippen LogP contribution in [0.15, 0.2) is 0 Å². The van der Waals surface area contributed by atoms with Gasteiger partial charge in [-0.1, -0.05) is 219 Å². The number of aliphatic hydroxyl groups is 4. The number of hydrogen-bond acceptors (Lipinski definition) is 9. The molecule has 0 bridgehead atoms. The van der Waals surface area contributed by atoms with Gasteiger partial charge < -0.3 is 39.4 Å². The summed E-state index contributed by atoms with van der Waals surface area (Å²) in [5.74, 6) is -0.306. The fourth-order valence-corrected chi connectivity index (χ4v) is 7.91. The number of carbonyl (C=O) groups excluding carboxylic acids is 1. The van der Waals surface area contributed by atoms with Gasteiger partial charge in [0.1, 0.15) is 30.5 Å². The molecule has 0 aromatic carbocycles. The first kappa shape index (κ1) is 54.2. The Hall–Kier alpha value is -0.810. The number of ether oxygens (including phenoxy) is 4. The molecule has 1 heterocycles. The topological polar surface area (TPSA) is 135 Å². The van der Waals surface area contributed by atoms with Crippen LogP contribution in [0.3, 0.4) is 0 Å². The number of unbranched alkanes of at least 4 members (excludes halogenated alkanes) is 32. The third-order valence-corrected chi connectivity index (χ3v) is 11.8. The van der Waals surface area contributed by atoms with E-state index in [0.717, 1.165) is 32.1 Å². The summed E-state index contributed by atoms with van der Waals surface area (Å²) in [6, 6.07) is 0. The highest BCUT2D eigenvalue weighted by Gasteiger charge is 2.44. The van der Waals surface area contributed by atoms with Crippen molar-refractivity contribution in [3.8, 4) is 0 Å². The molecule has 9 heteroatoms. The molecular weight excluding hydrogens is 721 g/mol. The quantitative estimate of drug-likeness (QED) is 0.0350. The molecule has 57 heavy (non-hydrogen) atoms. The zero-order chi connectivity index (χ0) is 41.4. The number of hydrogen-bond donors (Lipinski definition) is 4. The van der Waals surface area contributed by atoms with Crippen LogP contribution >= 0.6 is 0 Å². The molecule has 9 nitrogen and oxygen atoms in total. The van der Waals surface area contributed by atoms with Gasteiger partial charge in [-0.2, -0.15) is 0 Å². The summed E-state index contributed by atoms with van der Waals surface area (Å²) in [7, 11) is 0. The Kier molecular flexibility index (Phi) is 38.6. The van der Waals surface area contributed by atoms with Crippen LogP contribution < -0.4 is 0 Å². The lowest BCUT2D eigenvalue weighted by molar-refractivity contribution is -0.305. The van der Waals surface area contributed by atoms with E-state index in [9.17, 15) is 25.2 Å². The molecule has 0 amide bonds. The van der Waals surface area contributed by atoms with Crippen LogP contribution in [0.5, 0.6) is 0 Å². The fraction of sp³-hybridized carbons (Fsp3) is 0.979. The Bertz CT molecular complexity index is 843. The lowest BCUT2D eigenvalue weighted by Crippen LogP contribution is -2.59. The van der Waals surface area contributed by atoms with Crippen LogP contribution in [-0.2, 0) is 23.7 Å². The average Bonchev–Trinajstić information content (AvgIpc) is 3.21. The van der Waals surface area contributed by atoms with E-state index in [1.807, 2.05) is 0 Å². The van der Waals surface area contributed by atoms with Gasteiger partial charge in [-0.3, -0.25) is 4.79 Å². The maximum atomic E-state index is 12.8. The van der Waals surface area contributed by atoms with Crippen molar-refractivity contribution in [3.05, 3.63) is 0 Å². The first-order valence-corrected chi connectivity index (χ1v) is 24.6. The van der Waals surface area contributed by atoms with Crippen molar-refractivity contribution in [1.29, 1.82) is 0 Å². The van der Waals surface area contributed by atoms with Crippen LogP contribution in [0, 0.1) is 0 Å². The van der Waals surface area contributed by atoms with E-state index in [1.165, 1.54) is 186 Å². The zero-order valence-corrected chi connectivity index (χ0v) is 37.4. The SMILES string of the molecule is CCCCCCCCCCCCCCCCCCCCCOCC(COC1OC(CO)C(O)C(O)C1O)OC(=O)CCCCCCCCCCCCCCCCC. The second-order valence-corrected chi connectivity index (χ2v) is 17.3. The van der Waals surface area contributed by atoms with Crippen LogP contribution in [-0.4, -0.2) is 89.6 Å². The van der Waals surface area contributed by atoms with E-state index in [4.69, 9.17) is 18.9 Å². The smallest absolute Gasteiger partial charge is 0.306 e. The van der Waals surface area contributed by atoms with Crippen LogP contribution in [0.4, 0.5) is 0 Å². The van der Waals surface area contributed by atoms with E-state index < -0.39 is 43.4 Å². The van der Waals surface area contributed by atoms with Crippen molar-refractivity contribution in [2.75, 3.05) is 26.4 Å². The molecule has 0 saturated carbocycles. The van der Waals surface area contributed by atoms with Gasteiger partial charge in [0, 0.05) is 13.0 Å². The van der Waals surface area contributed by atoms with Crippen LogP contribution in [0.2, 0.25) is 0 Å². The Morgan fingerprint density at radius 3 is 1.25 bits per heavy atom. The second kappa shape index (κ2) is 40.6. The van der Waals surface area contributed by atoms with E-state index >= 15 is 0 Å². The highest BCUT2D eigenvalue weighted by atomic mass is 16.7. The van der Waals surface area contributed by atoms with E-state index in [1.54, 1.807) is 0 Å². The highest BCUT2D eigenvalue weighted by molar-refractivity contribution is 5.69. The van der Waals surface area contributed by atoms with Crippen molar-refractivity contribution in [3.63, 3.8) is 0 Å². The molecule has 1 aliphatic heterocycles. The summed E-state index contributed by atoms with van der Waals surface area (Å²) >= 11 is 0. The van der Waals surface area contributed by atoms with Crippen molar-refractivity contribution in [2.45, 2.75) is 275 Å². The molecule has 6 atom stereocenters. The molecule has 1 fully saturated rings. The molecule has 340 valence electrons. The third-order valence-electron chi connectivity index (χ3n) is 11.8. The van der Waals surface area contributed by atoms with E-state index in [-0.39, 0.29) is 19.2 Å². The Morgan fingerprint density at radius 1 is 0.491 bits per heavy atom. The van der Waals surface area contributed by atoms with Gasteiger partial charge in [0.2, 0.25) is 0 Å². The molecule has 0 spiro atoms. The van der Waals surface area contributed by atoms with Gasteiger partial charge in [0.25, 0.3) is 0 Å². The molecule has 6 unspecified atom stereocenters. The largest absolute Gasteiger partial charge is 0.457 e. The van der Waals surface area contributed by atoms with Gasteiger partial charge in [-0.05, 0) is 12.8 Å². The Balaban J connectivity index is 2.20. The van der Waals surface area contributed by atoms with Crippen molar-refractivity contribution < 1.29 is 44.2 Å². The van der Waals surface area contributed by atoms with Crippen molar-refractivity contribution in [1.82, 2.24) is 0 Å². The average molecular weight is 815 g/mol. The number of carbonyl (C=O) groups is 1. The van der Waals surface area contributed by atoms with Gasteiger partial charge in [0.05, 0.1) is 19.8 Å². The van der Waals surface area contributed by atoms with Crippen molar-refractivity contribution >= 4 is 5.97 Å². The second-order valence-electron chi connectivity index (χ2n) is 17.3. The predicted octanol–water partition coefficient (Wildman–Crippen LogP) is 11.4. The minimum Gasteiger partial charge on any atom is -0.457 e. The lowest BCUT2D eigenvalue weighted by Gasteiger charge is -2.39. The molecule has 1 saturated heterocycles. The molecule has 1 rings (SSSR count). The summed E-state index contributed by atoms with van der Waals surface area (Å²) in [5.41, 5.74) is 0. The number of rotatable bonds is 43. The Labute approximate surface area is 351 Å². The summed E-state index contributed by atoms with van der Waals surface area (Å²) < 4.78 is 22.9. The normalized spacial score (nSPS) is 20.3. The first-order chi connectivity index (χ1) is 27.9. The maximum Gasteiger partial charge on any atom is 0.306 e. The van der Waals surface area contributed by atoms with E-state index in [0.29, 0.717) is 13.0 Å². The van der Waals surface area contributed by atoms with E-state index in [2.05, 4.69) is 13.8 Å². The number of aliphatic hydroxyl groups excluding tert-OH is 4. The minimum absolute atomic E-state index is 0.105. The predicted molar refractivity (Wildman–Crippen MR) is 233 cm³/mol. The fourth-order valence-electron chi connectivity index (χ4n) is 7.91. The molecule has 0 radical (unpaired) electrons. The molecule has 1 aliphatic rings. The van der Waals surface area contributed by atoms with Crippen LogP contribution in [0.1, 0.15) is 239 Å². The molecule has 4 N–H and O–H groups in total. The summed E-state index contributed by atoms with van der Waals surface area (Å²) in [6.45, 7) is 4.62. The highest BCUT2D eigenvalue weighted by Crippen LogP contribution is 2.23. The molecule has 0 aliphatic carbocycles. The third kappa shape index (κ3) is 31.7. The van der Waals surface area contributed by atoms with Gasteiger partial charge >= 0.3 is 5.97 Å². The summed E-state index contributed by atoms with van der Waals surface area (Å²) in [4.78, 5) is 12.8. The van der Waals surface area contributed by atoms with Crippen molar-refractivity contribution in [2.24, 2.45) is 0 Å². The Morgan fingerprint density at radius 2 is 0.860 bits per heavy atom. The molecule has 0 aromatic heterocycles. The zero-order valence-electron chi connectivity index (χ0n) is 37.4. The standard InChI is InChI=1S/C48H94O9/c1-3-5-7-9-11-13-15-17-19-20-21-22-24-26-28-30-32-34-36-38-54-40-42(41-55-48-47(53)46(52)45(51)43(39-49)57-48)56-44(50)37-35-33-31-29-27-25-23-18-16-14-12-10-8-6-4-2/h42-43,45-49,51-53H,3-41H2,1-2H3. The van der Waals surface area contributed by atoms with Gasteiger partial charge in [-0.25, -0.2) is 0 Å². The minimum atomic E-state index is -1.53. The van der Waals surface area contributed by atoms with Gasteiger partial charge in [0.15, 0.2) is 6.29 Å². The van der Waals surface area contributed by atoms with Gasteiger partial charge in [-0.15, -0.1) is 0 Å². The monoisotopic (exact) mass is 815 g/mol. The molecular formula is C48H94O9. The van der Waals surface area contributed by atoms with Crippen LogP contribution in [0.25, 0.3) is 0 Å². The lowest BCUT2D eigenvalue weighted by atomic mass is 9.99. The number of esters is 1.